The number of aryl methyl sites for hydroxylation is 1. The molecule has 0 bridgehead atoms. The fraction of sp³-hybridized carbons (Fsp3) is 0.357. The molecule has 2 aromatic rings. The Kier molecular flexibility index (Phi) is 2.69. The monoisotopic (exact) mass is 227 g/mol. The predicted molar refractivity (Wildman–Crippen MR) is 67.7 cm³/mol. The molecule has 1 unspecified atom stereocenters. The van der Waals surface area contributed by atoms with Gasteiger partial charge in [0.05, 0.1) is 12.2 Å². The summed E-state index contributed by atoms with van der Waals surface area (Å²) in [5, 5.41) is 0. The summed E-state index contributed by atoms with van der Waals surface area (Å²) in [5.74, 6) is 1.54. The zero-order chi connectivity index (χ0) is 11.7. The summed E-state index contributed by atoms with van der Waals surface area (Å²) in [6.07, 6.45) is 3.31. The molecular formula is C14H17N3. The van der Waals surface area contributed by atoms with Crippen LogP contribution < -0.4 is 5.73 Å². The Morgan fingerprint density at radius 2 is 2.12 bits per heavy atom. The van der Waals surface area contributed by atoms with E-state index in [0.29, 0.717) is 12.5 Å². The van der Waals surface area contributed by atoms with Crippen LogP contribution in [0.1, 0.15) is 35.1 Å². The second-order valence-electron chi connectivity index (χ2n) is 4.66. The summed E-state index contributed by atoms with van der Waals surface area (Å²) in [4.78, 5) is 7.86. The smallest absolute Gasteiger partial charge is 0.120 e. The zero-order valence-corrected chi connectivity index (χ0v) is 9.82. The summed E-state index contributed by atoms with van der Waals surface area (Å²) in [5.41, 5.74) is 9.55. The second kappa shape index (κ2) is 4.34. The van der Waals surface area contributed by atoms with E-state index in [1.165, 1.54) is 23.4 Å². The molecule has 1 aliphatic rings. The molecular weight excluding hydrogens is 210 g/mol. The highest BCUT2D eigenvalue weighted by molar-refractivity contribution is 5.27. The van der Waals surface area contributed by atoms with E-state index in [1.807, 2.05) is 0 Å². The lowest BCUT2D eigenvalue weighted by Crippen LogP contribution is -2.12. The standard InChI is InChI=1S/C14H17N3/c15-9-14-16-12-7-6-11(8-13(12)17-14)10-4-2-1-3-5-10/h1-5,11H,6-9,15H2,(H,16,17). The Morgan fingerprint density at radius 3 is 2.88 bits per heavy atom. The number of fused-ring (bicyclic) bond motifs is 1. The van der Waals surface area contributed by atoms with E-state index in [2.05, 4.69) is 40.3 Å². The van der Waals surface area contributed by atoms with Gasteiger partial charge in [-0.25, -0.2) is 4.98 Å². The lowest BCUT2D eigenvalue weighted by Gasteiger charge is -2.21. The molecule has 0 spiro atoms. The number of benzene rings is 1. The highest BCUT2D eigenvalue weighted by Gasteiger charge is 2.22. The van der Waals surface area contributed by atoms with Gasteiger partial charge in [0.2, 0.25) is 0 Å². The van der Waals surface area contributed by atoms with Gasteiger partial charge in [-0.05, 0) is 30.7 Å². The summed E-state index contributed by atoms with van der Waals surface area (Å²) in [6.45, 7) is 0.503. The molecule has 0 amide bonds. The molecule has 3 nitrogen and oxygen atoms in total. The molecule has 0 aliphatic heterocycles. The molecule has 3 heteroatoms. The van der Waals surface area contributed by atoms with Crippen LogP contribution in [0.15, 0.2) is 30.3 Å². The normalized spacial score (nSPS) is 19.0. The van der Waals surface area contributed by atoms with Crippen LogP contribution in [-0.4, -0.2) is 9.97 Å². The topological polar surface area (TPSA) is 54.7 Å². The van der Waals surface area contributed by atoms with E-state index in [9.17, 15) is 0 Å². The molecule has 1 aromatic heterocycles. The van der Waals surface area contributed by atoms with E-state index in [1.54, 1.807) is 0 Å². The van der Waals surface area contributed by atoms with Gasteiger partial charge in [-0.3, -0.25) is 0 Å². The second-order valence-corrected chi connectivity index (χ2v) is 4.66. The summed E-state index contributed by atoms with van der Waals surface area (Å²) in [7, 11) is 0. The van der Waals surface area contributed by atoms with Gasteiger partial charge < -0.3 is 10.7 Å². The largest absolute Gasteiger partial charge is 0.345 e. The van der Waals surface area contributed by atoms with Crippen LogP contribution in [0.3, 0.4) is 0 Å². The van der Waals surface area contributed by atoms with Gasteiger partial charge in [0.1, 0.15) is 5.82 Å². The van der Waals surface area contributed by atoms with Crippen LogP contribution in [0, 0.1) is 0 Å². The van der Waals surface area contributed by atoms with Crippen molar-refractivity contribution in [1.29, 1.82) is 0 Å². The molecule has 1 heterocycles. The third-order valence-corrected chi connectivity index (χ3v) is 3.56. The van der Waals surface area contributed by atoms with Crippen LogP contribution in [0.5, 0.6) is 0 Å². The Hall–Kier alpha value is -1.61. The van der Waals surface area contributed by atoms with Crippen molar-refractivity contribution in [3.8, 4) is 0 Å². The molecule has 17 heavy (non-hydrogen) atoms. The highest BCUT2D eigenvalue weighted by atomic mass is 15.0. The minimum absolute atomic E-state index is 0.503. The Balaban J connectivity index is 1.85. The fourth-order valence-electron chi connectivity index (χ4n) is 2.65. The first-order valence-corrected chi connectivity index (χ1v) is 6.18. The SMILES string of the molecule is NCc1nc2c([nH]1)CC(c1ccccc1)CC2. The van der Waals surface area contributed by atoms with Crippen LogP contribution in [0.2, 0.25) is 0 Å². The van der Waals surface area contributed by atoms with Crippen LogP contribution in [0.25, 0.3) is 0 Å². The molecule has 1 aliphatic carbocycles. The van der Waals surface area contributed by atoms with Crippen LogP contribution in [-0.2, 0) is 19.4 Å². The zero-order valence-electron chi connectivity index (χ0n) is 9.82. The summed E-state index contributed by atoms with van der Waals surface area (Å²) >= 11 is 0. The molecule has 1 atom stereocenters. The van der Waals surface area contributed by atoms with Gasteiger partial charge in [-0.2, -0.15) is 0 Å². The van der Waals surface area contributed by atoms with Crippen molar-refractivity contribution in [2.75, 3.05) is 0 Å². The maximum atomic E-state index is 5.61. The van der Waals surface area contributed by atoms with Crippen molar-refractivity contribution >= 4 is 0 Å². The number of imidazole rings is 1. The van der Waals surface area contributed by atoms with Crippen LogP contribution in [0.4, 0.5) is 0 Å². The van der Waals surface area contributed by atoms with Gasteiger partial charge in [0.15, 0.2) is 0 Å². The number of rotatable bonds is 2. The van der Waals surface area contributed by atoms with Gasteiger partial charge in [0, 0.05) is 5.69 Å². The maximum Gasteiger partial charge on any atom is 0.120 e. The van der Waals surface area contributed by atoms with Crippen molar-refractivity contribution in [3.63, 3.8) is 0 Å². The van der Waals surface area contributed by atoms with Crippen LogP contribution >= 0.6 is 0 Å². The van der Waals surface area contributed by atoms with E-state index < -0.39 is 0 Å². The molecule has 0 saturated carbocycles. The highest BCUT2D eigenvalue weighted by Crippen LogP contribution is 2.31. The number of nitrogens with one attached hydrogen (secondary N) is 1. The molecule has 0 fully saturated rings. The van der Waals surface area contributed by atoms with Gasteiger partial charge in [0.25, 0.3) is 0 Å². The molecule has 3 rings (SSSR count). The molecule has 3 N–H and O–H groups in total. The number of nitrogens with two attached hydrogens (primary N) is 1. The van der Waals surface area contributed by atoms with Gasteiger partial charge in [-0.15, -0.1) is 0 Å². The number of aromatic nitrogens is 2. The quantitative estimate of drug-likeness (QED) is 0.826. The summed E-state index contributed by atoms with van der Waals surface area (Å²) < 4.78 is 0. The van der Waals surface area contributed by atoms with E-state index in [4.69, 9.17) is 5.73 Å². The van der Waals surface area contributed by atoms with Crippen molar-refractivity contribution in [3.05, 3.63) is 53.1 Å². The first kappa shape index (κ1) is 10.5. The Morgan fingerprint density at radius 1 is 1.29 bits per heavy atom. The average molecular weight is 227 g/mol. The Bertz CT molecular complexity index is 501. The summed E-state index contributed by atoms with van der Waals surface area (Å²) in [6, 6.07) is 10.7. The minimum Gasteiger partial charge on any atom is -0.345 e. The number of hydrogen-bond donors (Lipinski definition) is 2. The molecule has 0 radical (unpaired) electrons. The van der Waals surface area contributed by atoms with Gasteiger partial charge >= 0.3 is 0 Å². The number of aromatic amines is 1. The van der Waals surface area contributed by atoms with Crippen molar-refractivity contribution in [2.45, 2.75) is 31.7 Å². The first-order valence-electron chi connectivity index (χ1n) is 6.18. The maximum absolute atomic E-state index is 5.61. The third kappa shape index (κ3) is 1.98. The third-order valence-electron chi connectivity index (χ3n) is 3.56. The van der Waals surface area contributed by atoms with Crippen molar-refractivity contribution in [1.82, 2.24) is 9.97 Å². The van der Waals surface area contributed by atoms with E-state index in [0.717, 1.165) is 18.7 Å². The average Bonchev–Trinajstić information content (AvgIpc) is 2.81. The van der Waals surface area contributed by atoms with E-state index >= 15 is 0 Å². The number of H-pyrrole nitrogens is 1. The van der Waals surface area contributed by atoms with Crippen molar-refractivity contribution < 1.29 is 0 Å². The molecule has 1 aromatic carbocycles. The Labute approximate surface area is 101 Å². The number of nitrogens with zero attached hydrogens (tertiary/aromatic N) is 1. The van der Waals surface area contributed by atoms with E-state index in [-0.39, 0.29) is 0 Å². The lowest BCUT2D eigenvalue weighted by molar-refractivity contribution is 0.572. The lowest BCUT2D eigenvalue weighted by atomic mass is 9.85. The predicted octanol–water partition coefficient (Wildman–Crippen LogP) is 2.14. The molecule has 88 valence electrons. The van der Waals surface area contributed by atoms with Crippen molar-refractivity contribution in [2.24, 2.45) is 5.73 Å². The number of hydrogen-bond acceptors (Lipinski definition) is 2. The van der Waals surface area contributed by atoms with Gasteiger partial charge in [-0.1, -0.05) is 30.3 Å². The molecule has 0 saturated heterocycles. The minimum atomic E-state index is 0.503. The first-order chi connectivity index (χ1) is 8.36. The fourth-order valence-corrected chi connectivity index (χ4v) is 2.65.